The molecule has 19 heavy (non-hydrogen) atoms. The Morgan fingerprint density at radius 2 is 1.74 bits per heavy atom. The van der Waals surface area contributed by atoms with Crippen molar-refractivity contribution in [2.24, 2.45) is 0 Å². The van der Waals surface area contributed by atoms with E-state index in [2.05, 4.69) is 61.6 Å². The lowest BCUT2D eigenvalue weighted by Gasteiger charge is -2.05. The fourth-order valence-electron chi connectivity index (χ4n) is 1.74. The van der Waals surface area contributed by atoms with E-state index in [0.717, 1.165) is 29.6 Å². The molecule has 0 atom stereocenters. The van der Waals surface area contributed by atoms with Gasteiger partial charge in [0.15, 0.2) is 0 Å². The lowest BCUT2D eigenvalue weighted by atomic mass is 10.2. The maximum Gasteiger partial charge on any atom is 0.118 e. The first-order chi connectivity index (χ1) is 9.24. The Labute approximate surface area is 119 Å². The van der Waals surface area contributed by atoms with E-state index >= 15 is 0 Å². The molecule has 3 heteroatoms. The summed E-state index contributed by atoms with van der Waals surface area (Å²) >= 11 is 1.88. The highest BCUT2D eigenvalue weighted by Gasteiger charge is 2.03. The first kappa shape index (κ1) is 14.2. The van der Waals surface area contributed by atoms with Gasteiger partial charge < -0.3 is 9.73 Å². The molecule has 102 valence electrons. The molecule has 0 saturated carbocycles. The molecule has 0 aliphatic rings. The third-order valence-corrected chi connectivity index (χ3v) is 3.78. The highest BCUT2D eigenvalue weighted by Crippen LogP contribution is 2.19. The number of thioether (sulfide) groups is 1. The van der Waals surface area contributed by atoms with Crippen LogP contribution >= 0.6 is 11.8 Å². The number of furan rings is 1. The first-order valence-corrected chi connectivity index (χ1v) is 7.82. The largest absolute Gasteiger partial charge is 0.464 e. The number of hydrogen-bond acceptors (Lipinski definition) is 3. The van der Waals surface area contributed by atoms with Gasteiger partial charge in [-0.15, -0.1) is 11.8 Å². The Morgan fingerprint density at radius 3 is 2.47 bits per heavy atom. The van der Waals surface area contributed by atoms with Crippen molar-refractivity contribution in [3.63, 3.8) is 0 Å². The molecule has 1 aromatic heterocycles. The monoisotopic (exact) mass is 275 g/mol. The number of benzene rings is 1. The molecule has 0 fully saturated rings. The summed E-state index contributed by atoms with van der Waals surface area (Å²) in [6.07, 6.45) is 0. The molecule has 0 saturated heterocycles. The van der Waals surface area contributed by atoms with E-state index in [4.69, 9.17) is 4.42 Å². The van der Waals surface area contributed by atoms with Gasteiger partial charge in [0.25, 0.3) is 0 Å². The lowest BCUT2D eigenvalue weighted by molar-refractivity contribution is 0.445. The second-order valence-corrected chi connectivity index (χ2v) is 5.87. The smallest absolute Gasteiger partial charge is 0.118 e. The molecule has 0 amide bonds. The van der Waals surface area contributed by atoms with E-state index in [1.54, 1.807) is 0 Å². The second-order valence-electron chi connectivity index (χ2n) is 4.88. The Bertz CT molecular complexity index is 479. The molecule has 0 aliphatic heterocycles. The average molecular weight is 275 g/mol. The Hall–Kier alpha value is -1.19. The Morgan fingerprint density at radius 1 is 1.00 bits per heavy atom. The van der Waals surface area contributed by atoms with Gasteiger partial charge in [-0.2, -0.15) is 0 Å². The van der Waals surface area contributed by atoms with Crippen molar-refractivity contribution in [2.45, 2.75) is 37.9 Å². The van der Waals surface area contributed by atoms with Crippen LogP contribution in [0.25, 0.3) is 0 Å². The van der Waals surface area contributed by atoms with Crippen LogP contribution in [-0.2, 0) is 18.1 Å². The average Bonchev–Trinajstić information content (AvgIpc) is 2.86. The quantitative estimate of drug-likeness (QED) is 0.819. The van der Waals surface area contributed by atoms with E-state index < -0.39 is 0 Å². The van der Waals surface area contributed by atoms with Crippen molar-refractivity contribution < 1.29 is 4.42 Å². The molecule has 0 bridgehead atoms. The molecular weight excluding hydrogens is 254 g/mol. The lowest BCUT2D eigenvalue weighted by Crippen LogP contribution is -2.21. The zero-order valence-electron chi connectivity index (χ0n) is 11.6. The van der Waals surface area contributed by atoms with Gasteiger partial charge in [0.1, 0.15) is 11.5 Å². The van der Waals surface area contributed by atoms with Gasteiger partial charge in [-0.05, 0) is 17.7 Å². The SMILES string of the molecule is CC(C)NCc1ccc(CSCc2ccccc2)o1. The Kier molecular flexibility index (Phi) is 5.55. The van der Waals surface area contributed by atoms with E-state index in [0.29, 0.717) is 6.04 Å². The molecule has 0 unspecified atom stereocenters. The molecule has 2 nitrogen and oxygen atoms in total. The third-order valence-electron chi connectivity index (χ3n) is 2.76. The Balaban J connectivity index is 1.74. The standard InChI is InChI=1S/C16H21NOS/c1-13(2)17-10-15-8-9-16(18-15)12-19-11-14-6-4-3-5-7-14/h3-9,13,17H,10-12H2,1-2H3. The summed E-state index contributed by atoms with van der Waals surface area (Å²) in [5, 5.41) is 3.36. The van der Waals surface area contributed by atoms with E-state index in [-0.39, 0.29) is 0 Å². The van der Waals surface area contributed by atoms with Crippen LogP contribution in [0, 0.1) is 0 Å². The van der Waals surface area contributed by atoms with Crippen molar-refractivity contribution in [1.29, 1.82) is 0 Å². The molecule has 2 aromatic rings. The van der Waals surface area contributed by atoms with E-state index in [1.165, 1.54) is 5.56 Å². The summed E-state index contributed by atoms with van der Waals surface area (Å²) in [6, 6.07) is 15.2. The first-order valence-electron chi connectivity index (χ1n) is 6.66. The predicted molar refractivity (Wildman–Crippen MR) is 82.1 cm³/mol. The molecule has 1 N–H and O–H groups in total. The maximum atomic E-state index is 5.79. The van der Waals surface area contributed by atoms with Crippen LogP contribution in [0.15, 0.2) is 46.9 Å². The zero-order valence-corrected chi connectivity index (χ0v) is 12.4. The van der Waals surface area contributed by atoms with Crippen molar-refractivity contribution >= 4 is 11.8 Å². The molecular formula is C16H21NOS. The fourth-order valence-corrected chi connectivity index (χ4v) is 2.63. The zero-order chi connectivity index (χ0) is 13.5. The summed E-state index contributed by atoms with van der Waals surface area (Å²) in [6.45, 7) is 5.08. The van der Waals surface area contributed by atoms with E-state index in [1.807, 2.05) is 11.8 Å². The molecule has 0 aliphatic carbocycles. The van der Waals surface area contributed by atoms with Crippen LogP contribution in [-0.4, -0.2) is 6.04 Å². The molecule has 2 rings (SSSR count). The molecule has 1 aromatic carbocycles. The highest BCUT2D eigenvalue weighted by molar-refractivity contribution is 7.97. The van der Waals surface area contributed by atoms with Crippen molar-refractivity contribution in [1.82, 2.24) is 5.32 Å². The topological polar surface area (TPSA) is 25.2 Å². The second kappa shape index (κ2) is 7.41. The van der Waals surface area contributed by atoms with Gasteiger partial charge >= 0.3 is 0 Å². The van der Waals surface area contributed by atoms with Crippen LogP contribution in [0.2, 0.25) is 0 Å². The minimum Gasteiger partial charge on any atom is -0.464 e. The van der Waals surface area contributed by atoms with Crippen LogP contribution in [0.4, 0.5) is 0 Å². The minimum absolute atomic E-state index is 0.487. The van der Waals surface area contributed by atoms with Gasteiger partial charge in [-0.1, -0.05) is 44.2 Å². The van der Waals surface area contributed by atoms with Crippen molar-refractivity contribution in [3.8, 4) is 0 Å². The molecule has 1 heterocycles. The van der Waals surface area contributed by atoms with E-state index in [9.17, 15) is 0 Å². The van der Waals surface area contributed by atoms with Crippen LogP contribution < -0.4 is 5.32 Å². The van der Waals surface area contributed by atoms with Gasteiger partial charge in [0.2, 0.25) is 0 Å². The van der Waals surface area contributed by atoms with Gasteiger partial charge in [0, 0.05) is 11.8 Å². The molecule has 0 spiro atoms. The summed E-state index contributed by atoms with van der Waals surface area (Å²) in [4.78, 5) is 0. The summed E-state index contributed by atoms with van der Waals surface area (Å²) in [5.74, 6) is 4.03. The highest BCUT2D eigenvalue weighted by atomic mass is 32.2. The van der Waals surface area contributed by atoms with Crippen LogP contribution in [0.5, 0.6) is 0 Å². The number of nitrogens with one attached hydrogen (secondary N) is 1. The van der Waals surface area contributed by atoms with Gasteiger partial charge in [0.05, 0.1) is 12.3 Å². The molecule has 0 radical (unpaired) electrons. The van der Waals surface area contributed by atoms with Crippen LogP contribution in [0.1, 0.15) is 30.9 Å². The fraction of sp³-hybridized carbons (Fsp3) is 0.375. The summed E-state index contributed by atoms with van der Waals surface area (Å²) in [5.41, 5.74) is 1.36. The summed E-state index contributed by atoms with van der Waals surface area (Å²) in [7, 11) is 0. The van der Waals surface area contributed by atoms with Gasteiger partial charge in [-0.3, -0.25) is 0 Å². The maximum absolute atomic E-state index is 5.79. The number of rotatable bonds is 7. The summed E-state index contributed by atoms with van der Waals surface area (Å²) < 4.78 is 5.79. The van der Waals surface area contributed by atoms with Crippen molar-refractivity contribution in [2.75, 3.05) is 0 Å². The predicted octanol–water partition coefficient (Wildman–Crippen LogP) is 4.21. The minimum atomic E-state index is 0.487. The van der Waals surface area contributed by atoms with Gasteiger partial charge in [-0.25, -0.2) is 0 Å². The van der Waals surface area contributed by atoms with Crippen molar-refractivity contribution in [3.05, 3.63) is 59.5 Å². The normalized spacial score (nSPS) is 11.1. The number of hydrogen-bond donors (Lipinski definition) is 1. The van der Waals surface area contributed by atoms with Crippen LogP contribution in [0.3, 0.4) is 0 Å². The third kappa shape index (κ3) is 5.13.